The van der Waals surface area contributed by atoms with Gasteiger partial charge in [-0.2, -0.15) is 0 Å². The summed E-state index contributed by atoms with van der Waals surface area (Å²) in [6, 6.07) is 14.6. The fourth-order valence-electron chi connectivity index (χ4n) is 1.96. The van der Waals surface area contributed by atoms with Crippen molar-refractivity contribution in [3.05, 3.63) is 64.1 Å². The summed E-state index contributed by atoms with van der Waals surface area (Å²) in [5, 5.41) is 3.76. The molecule has 0 saturated carbocycles. The van der Waals surface area contributed by atoms with Gasteiger partial charge in [0.25, 0.3) is 5.91 Å². The van der Waals surface area contributed by atoms with Crippen molar-refractivity contribution in [2.75, 3.05) is 0 Å². The lowest BCUT2D eigenvalue weighted by Crippen LogP contribution is -2.37. The number of rotatable bonds is 5. The molecule has 0 heterocycles. The van der Waals surface area contributed by atoms with Crippen LogP contribution in [0.15, 0.2) is 48.5 Å². The van der Waals surface area contributed by atoms with Gasteiger partial charge >= 0.3 is 0 Å². The Morgan fingerprint density at radius 3 is 2.36 bits per heavy atom. The summed E-state index contributed by atoms with van der Waals surface area (Å²) >= 11 is 11.8. The van der Waals surface area contributed by atoms with E-state index in [0.717, 1.165) is 5.56 Å². The molecule has 2 aromatic carbocycles. The zero-order valence-electron chi connectivity index (χ0n) is 12.3. The lowest BCUT2D eigenvalue weighted by atomic mass is 10.1. The third-order valence-electron chi connectivity index (χ3n) is 3.23. The Morgan fingerprint density at radius 1 is 1.05 bits per heavy atom. The molecule has 0 fully saturated rings. The molecule has 116 valence electrons. The van der Waals surface area contributed by atoms with Crippen LogP contribution in [0.5, 0.6) is 5.75 Å². The largest absolute Gasteiger partial charge is 0.481 e. The van der Waals surface area contributed by atoms with E-state index in [1.807, 2.05) is 37.3 Å². The number of hydrogen-bond acceptors (Lipinski definition) is 2. The topological polar surface area (TPSA) is 38.3 Å². The van der Waals surface area contributed by atoms with Crippen molar-refractivity contribution in [3.8, 4) is 5.75 Å². The first-order valence-corrected chi connectivity index (χ1v) is 7.70. The molecule has 2 aromatic rings. The molecule has 22 heavy (non-hydrogen) atoms. The van der Waals surface area contributed by atoms with Crippen LogP contribution in [-0.4, -0.2) is 12.0 Å². The second-order valence-electron chi connectivity index (χ2n) is 4.98. The Labute approximate surface area is 140 Å². The van der Waals surface area contributed by atoms with E-state index in [-0.39, 0.29) is 11.9 Å². The number of benzene rings is 2. The van der Waals surface area contributed by atoms with Crippen LogP contribution < -0.4 is 10.1 Å². The summed E-state index contributed by atoms with van der Waals surface area (Å²) in [4.78, 5) is 12.2. The van der Waals surface area contributed by atoms with Crippen LogP contribution in [0, 0.1) is 0 Å². The Balaban J connectivity index is 1.95. The van der Waals surface area contributed by atoms with Gasteiger partial charge < -0.3 is 10.1 Å². The molecule has 3 nitrogen and oxygen atoms in total. The van der Waals surface area contributed by atoms with Crippen LogP contribution >= 0.6 is 23.2 Å². The highest BCUT2D eigenvalue weighted by molar-refractivity contribution is 6.42. The van der Waals surface area contributed by atoms with E-state index >= 15 is 0 Å². The number of ether oxygens (including phenoxy) is 1. The van der Waals surface area contributed by atoms with Crippen LogP contribution in [-0.2, 0) is 4.79 Å². The summed E-state index contributed by atoms with van der Waals surface area (Å²) in [6.45, 7) is 3.62. The van der Waals surface area contributed by atoms with E-state index in [9.17, 15) is 4.79 Å². The molecule has 5 heteroatoms. The van der Waals surface area contributed by atoms with Crippen molar-refractivity contribution in [1.82, 2.24) is 5.32 Å². The maximum Gasteiger partial charge on any atom is 0.261 e. The monoisotopic (exact) mass is 337 g/mol. The highest BCUT2D eigenvalue weighted by Crippen LogP contribution is 2.26. The highest BCUT2D eigenvalue weighted by Gasteiger charge is 2.18. The Bertz CT molecular complexity index is 646. The molecule has 0 saturated heterocycles. The number of carbonyl (C=O) groups is 1. The third kappa shape index (κ3) is 4.39. The van der Waals surface area contributed by atoms with Crippen molar-refractivity contribution in [2.45, 2.75) is 26.0 Å². The Kier molecular flexibility index (Phi) is 5.69. The molecule has 2 atom stereocenters. The van der Waals surface area contributed by atoms with E-state index in [1.165, 1.54) is 0 Å². The average Bonchev–Trinajstić information content (AvgIpc) is 2.51. The summed E-state index contributed by atoms with van der Waals surface area (Å²) in [6.07, 6.45) is -0.636. The van der Waals surface area contributed by atoms with Gasteiger partial charge in [0.05, 0.1) is 16.1 Å². The number of nitrogens with one attached hydrogen (secondary N) is 1. The van der Waals surface area contributed by atoms with Gasteiger partial charge in [0.15, 0.2) is 6.10 Å². The number of carbonyl (C=O) groups excluding carboxylic acids is 1. The molecule has 0 spiro atoms. The van der Waals surface area contributed by atoms with Gasteiger partial charge in [-0.25, -0.2) is 0 Å². The maximum atomic E-state index is 12.2. The van der Waals surface area contributed by atoms with Crippen LogP contribution in [0.2, 0.25) is 10.0 Å². The lowest BCUT2D eigenvalue weighted by molar-refractivity contribution is -0.127. The SMILES string of the molecule is CC(Oc1ccc(Cl)c(Cl)c1)C(=O)NC(C)c1ccccc1. The molecule has 2 rings (SSSR count). The van der Waals surface area contributed by atoms with Crippen LogP contribution in [0.1, 0.15) is 25.5 Å². The second-order valence-corrected chi connectivity index (χ2v) is 5.79. The molecule has 0 aromatic heterocycles. The van der Waals surface area contributed by atoms with Crippen molar-refractivity contribution in [1.29, 1.82) is 0 Å². The predicted molar refractivity (Wildman–Crippen MR) is 89.6 cm³/mol. The van der Waals surface area contributed by atoms with Gasteiger partial charge in [0.1, 0.15) is 5.75 Å². The van der Waals surface area contributed by atoms with E-state index in [2.05, 4.69) is 5.32 Å². The number of halogens is 2. The van der Waals surface area contributed by atoms with Crippen molar-refractivity contribution < 1.29 is 9.53 Å². The van der Waals surface area contributed by atoms with Gasteiger partial charge in [0.2, 0.25) is 0 Å². The van der Waals surface area contributed by atoms with Crippen molar-refractivity contribution in [3.63, 3.8) is 0 Å². The van der Waals surface area contributed by atoms with E-state index in [1.54, 1.807) is 25.1 Å². The molecule has 0 radical (unpaired) electrons. The van der Waals surface area contributed by atoms with Crippen molar-refractivity contribution in [2.24, 2.45) is 0 Å². The van der Waals surface area contributed by atoms with Crippen LogP contribution in [0.4, 0.5) is 0 Å². The first kappa shape index (κ1) is 16.7. The van der Waals surface area contributed by atoms with E-state index in [0.29, 0.717) is 15.8 Å². The van der Waals surface area contributed by atoms with Crippen LogP contribution in [0.3, 0.4) is 0 Å². The molecule has 1 amide bonds. The second kappa shape index (κ2) is 7.52. The average molecular weight is 338 g/mol. The standard InChI is InChI=1S/C17H17Cl2NO2/c1-11(13-6-4-3-5-7-13)20-17(21)12(2)22-14-8-9-15(18)16(19)10-14/h3-12H,1-2H3,(H,20,21). The molecule has 0 bridgehead atoms. The number of hydrogen-bond donors (Lipinski definition) is 1. The Morgan fingerprint density at radius 2 is 1.73 bits per heavy atom. The fourth-order valence-corrected chi connectivity index (χ4v) is 2.25. The zero-order chi connectivity index (χ0) is 16.1. The highest BCUT2D eigenvalue weighted by atomic mass is 35.5. The molecule has 0 aliphatic heterocycles. The smallest absolute Gasteiger partial charge is 0.261 e. The van der Waals surface area contributed by atoms with Gasteiger partial charge in [0, 0.05) is 6.07 Å². The number of amides is 1. The minimum absolute atomic E-state index is 0.0893. The van der Waals surface area contributed by atoms with E-state index in [4.69, 9.17) is 27.9 Å². The molecular formula is C17H17Cl2NO2. The van der Waals surface area contributed by atoms with Crippen LogP contribution in [0.25, 0.3) is 0 Å². The Hall–Kier alpha value is -1.71. The zero-order valence-corrected chi connectivity index (χ0v) is 13.9. The predicted octanol–water partition coefficient (Wildman–Crippen LogP) is 4.64. The maximum absolute atomic E-state index is 12.2. The van der Waals surface area contributed by atoms with Gasteiger partial charge in [-0.3, -0.25) is 4.79 Å². The molecule has 2 unspecified atom stereocenters. The summed E-state index contributed by atoms with van der Waals surface area (Å²) in [7, 11) is 0. The minimum atomic E-state index is -0.636. The van der Waals surface area contributed by atoms with Gasteiger partial charge in [-0.15, -0.1) is 0 Å². The van der Waals surface area contributed by atoms with Gasteiger partial charge in [-0.05, 0) is 31.5 Å². The first-order valence-electron chi connectivity index (χ1n) is 6.94. The van der Waals surface area contributed by atoms with Gasteiger partial charge in [-0.1, -0.05) is 53.5 Å². The molecule has 1 N–H and O–H groups in total. The molecular weight excluding hydrogens is 321 g/mol. The van der Waals surface area contributed by atoms with E-state index < -0.39 is 6.10 Å². The lowest BCUT2D eigenvalue weighted by Gasteiger charge is -2.19. The minimum Gasteiger partial charge on any atom is -0.481 e. The third-order valence-corrected chi connectivity index (χ3v) is 3.97. The molecule has 0 aliphatic carbocycles. The summed E-state index contributed by atoms with van der Waals surface area (Å²) in [5.41, 5.74) is 1.04. The molecule has 0 aliphatic rings. The normalized spacial score (nSPS) is 13.3. The summed E-state index contributed by atoms with van der Waals surface area (Å²) in [5.74, 6) is 0.312. The fraction of sp³-hybridized carbons (Fsp3) is 0.235. The first-order chi connectivity index (χ1) is 10.5. The quantitative estimate of drug-likeness (QED) is 0.863. The summed E-state index contributed by atoms with van der Waals surface area (Å²) < 4.78 is 5.59. The van der Waals surface area contributed by atoms with Crippen molar-refractivity contribution >= 4 is 29.1 Å².